The lowest BCUT2D eigenvalue weighted by Crippen LogP contribution is -2.42. The molecule has 3 nitrogen and oxygen atoms in total. The summed E-state index contributed by atoms with van der Waals surface area (Å²) >= 11 is 0. The van der Waals surface area contributed by atoms with Crippen molar-refractivity contribution in [1.82, 2.24) is 0 Å². The second-order valence-corrected chi connectivity index (χ2v) is 3.93. The van der Waals surface area contributed by atoms with Gasteiger partial charge in [-0.2, -0.15) is 5.26 Å². The van der Waals surface area contributed by atoms with Crippen molar-refractivity contribution in [2.75, 3.05) is 6.61 Å². The van der Waals surface area contributed by atoms with Crippen molar-refractivity contribution in [1.29, 1.82) is 5.26 Å². The average Bonchev–Trinajstić information content (AvgIpc) is 2.02. The van der Waals surface area contributed by atoms with Gasteiger partial charge in [0.25, 0.3) is 0 Å². The Hall–Kier alpha value is -0.590. The molecule has 0 amide bonds. The molecule has 3 heteroatoms. The van der Waals surface area contributed by atoms with E-state index in [1.165, 1.54) is 0 Å². The first kappa shape index (κ1) is 11.4. The van der Waals surface area contributed by atoms with Crippen LogP contribution in [-0.2, 0) is 4.74 Å². The van der Waals surface area contributed by atoms with Gasteiger partial charge in [0.05, 0.1) is 18.3 Å². The largest absolute Gasteiger partial charge is 0.373 e. The minimum atomic E-state index is -0.869. The molecule has 2 N–H and O–H groups in total. The summed E-state index contributed by atoms with van der Waals surface area (Å²) in [5.74, 6) is 0. The summed E-state index contributed by atoms with van der Waals surface area (Å²) in [6, 6.07) is 1.99. The van der Waals surface area contributed by atoms with Gasteiger partial charge in [0, 0.05) is 0 Å². The van der Waals surface area contributed by atoms with Crippen molar-refractivity contribution in [3.05, 3.63) is 0 Å². The van der Waals surface area contributed by atoms with Crippen LogP contribution in [0.2, 0.25) is 0 Å². The number of ether oxygens (including phenoxy) is 1. The molecule has 0 rings (SSSR count). The van der Waals surface area contributed by atoms with E-state index in [1.54, 1.807) is 6.92 Å². The summed E-state index contributed by atoms with van der Waals surface area (Å²) in [6.07, 6.45) is 0.911. The van der Waals surface area contributed by atoms with E-state index < -0.39 is 5.54 Å². The van der Waals surface area contributed by atoms with Crippen LogP contribution in [-0.4, -0.2) is 17.7 Å². The van der Waals surface area contributed by atoms with Gasteiger partial charge in [-0.3, -0.25) is 0 Å². The third-order valence-corrected chi connectivity index (χ3v) is 1.87. The van der Waals surface area contributed by atoms with Gasteiger partial charge in [0.15, 0.2) is 0 Å². The van der Waals surface area contributed by atoms with Crippen LogP contribution in [0.1, 0.15) is 34.1 Å². The van der Waals surface area contributed by atoms with Gasteiger partial charge in [0.1, 0.15) is 5.54 Å². The van der Waals surface area contributed by atoms with E-state index in [2.05, 4.69) is 0 Å². The zero-order valence-corrected chi connectivity index (χ0v) is 8.35. The van der Waals surface area contributed by atoms with E-state index in [-0.39, 0.29) is 12.2 Å². The maximum Gasteiger partial charge on any atom is 0.125 e. The van der Waals surface area contributed by atoms with Crippen molar-refractivity contribution in [2.24, 2.45) is 5.73 Å². The fourth-order valence-electron chi connectivity index (χ4n) is 0.480. The van der Waals surface area contributed by atoms with Crippen LogP contribution in [0, 0.1) is 11.3 Å². The molecule has 0 saturated carbocycles. The first-order valence-corrected chi connectivity index (χ1v) is 4.17. The van der Waals surface area contributed by atoms with Crippen molar-refractivity contribution >= 4 is 0 Å². The Morgan fingerprint density at radius 3 is 2.25 bits per heavy atom. The summed E-state index contributed by atoms with van der Waals surface area (Å²) in [4.78, 5) is 0. The van der Waals surface area contributed by atoms with Crippen molar-refractivity contribution in [2.45, 2.75) is 45.3 Å². The van der Waals surface area contributed by atoms with Gasteiger partial charge in [-0.05, 0) is 27.2 Å². The fourth-order valence-corrected chi connectivity index (χ4v) is 0.480. The Balaban J connectivity index is 3.93. The lowest BCUT2D eigenvalue weighted by atomic mass is 10.0. The van der Waals surface area contributed by atoms with Gasteiger partial charge in [-0.15, -0.1) is 0 Å². The number of nitriles is 1. The SMILES string of the molecule is CCC(C)(C)OCC(C)(N)C#N. The standard InChI is InChI=1S/C9H18N2O/c1-5-8(2,3)12-7-9(4,11)6-10/h5,7,11H2,1-4H3. The van der Waals surface area contributed by atoms with E-state index in [1.807, 2.05) is 26.8 Å². The third kappa shape index (κ3) is 4.32. The van der Waals surface area contributed by atoms with Crippen molar-refractivity contribution in [3.63, 3.8) is 0 Å². The smallest absolute Gasteiger partial charge is 0.125 e. The highest BCUT2D eigenvalue weighted by molar-refractivity contribution is 5.01. The molecule has 0 aromatic carbocycles. The number of nitrogens with two attached hydrogens (primary N) is 1. The molecular weight excluding hydrogens is 152 g/mol. The molecule has 0 aromatic heterocycles. The number of rotatable bonds is 4. The van der Waals surface area contributed by atoms with Gasteiger partial charge in [-0.1, -0.05) is 6.92 Å². The minimum absolute atomic E-state index is 0.183. The molecule has 1 atom stereocenters. The Bertz CT molecular complexity index is 179. The van der Waals surface area contributed by atoms with E-state index in [9.17, 15) is 0 Å². The maximum absolute atomic E-state index is 8.61. The lowest BCUT2D eigenvalue weighted by Gasteiger charge is -2.27. The molecule has 0 saturated heterocycles. The molecule has 0 aliphatic carbocycles. The quantitative estimate of drug-likeness (QED) is 0.694. The average molecular weight is 170 g/mol. The zero-order chi connectivity index (χ0) is 9.83. The van der Waals surface area contributed by atoms with Crippen LogP contribution in [0.4, 0.5) is 0 Å². The number of hydrogen-bond acceptors (Lipinski definition) is 3. The topological polar surface area (TPSA) is 59.0 Å². The van der Waals surface area contributed by atoms with Gasteiger partial charge < -0.3 is 10.5 Å². The summed E-state index contributed by atoms with van der Waals surface area (Å²) < 4.78 is 5.49. The van der Waals surface area contributed by atoms with Crippen LogP contribution in [0.25, 0.3) is 0 Å². The van der Waals surface area contributed by atoms with Crippen LogP contribution < -0.4 is 5.73 Å². The number of nitrogens with zero attached hydrogens (tertiary/aromatic N) is 1. The molecule has 0 aromatic rings. The van der Waals surface area contributed by atoms with Crippen molar-refractivity contribution in [3.8, 4) is 6.07 Å². The van der Waals surface area contributed by atoms with Gasteiger partial charge >= 0.3 is 0 Å². The molecule has 0 spiro atoms. The summed E-state index contributed by atoms with van der Waals surface area (Å²) in [5.41, 5.74) is 4.54. The van der Waals surface area contributed by atoms with Gasteiger partial charge in [0.2, 0.25) is 0 Å². The third-order valence-electron chi connectivity index (χ3n) is 1.87. The van der Waals surface area contributed by atoms with Crippen LogP contribution in [0.5, 0.6) is 0 Å². The molecule has 0 radical (unpaired) electrons. The summed E-state index contributed by atoms with van der Waals surface area (Å²) in [5, 5.41) is 8.61. The van der Waals surface area contributed by atoms with Crippen molar-refractivity contribution < 1.29 is 4.74 Å². The molecule has 0 aliphatic heterocycles. The second-order valence-electron chi connectivity index (χ2n) is 3.93. The monoisotopic (exact) mass is 170 g/mol. The summed E-state index contributed by atoms with van der Waals surface area (Å²) in [6.45, 7) is 7.96. The molecule has 0 fully saturated rings. The molecular formula is C9H18N2O. The predicted molar refractivity (Wildman–Crippen MR) is 48.5 cm³/mol. The molecule has 1 unspecified atom stereocenters. The first-order valence-electron chi connectivity index (χ1n) is 4.17. The van der Waals surface area contributed by atoms with E-state index >= 15 is 0 Å². The van der Waals surface area contributed by atoms with E-state index in [4.69, 9.17) is 15.7 Å². The van der Waals surface area contributed by atoms with E-state index in [0.29, 0.717) is 0 Å². The van der Waals surface area contributed by atoms with Crippen LogP contribution in [0.3, 0.4) is 0 Å². The zero-order valence-electron chi connectivity index (χ0n) is 8.35. The highest BCUT2D eigenvalue weighted by Crippen LogP contribution is 2.15. The predicted octanol–water partition coefficient (Wildman–Crippen LogP) is 1.43. The highest BCUT2D eigenvalue weighted by Gasteiger charge is 2.23. The Kier molecular flexibility index (Phi) is 3.69. The normalized spacial score (nSPS) is 16.7. The molecule has 70 valence electrons. The molecule has 0 bridgehead atoms. The van der Waals surface area contributed by atoms with Gasteiger partial charge in [-0.25, -0.2) is 0 Å². The highest BCUT2D eigenvalue weighted by atomic mass is 16.5. The molecule has 12 heavy (non-hydrogen) atoms. The number of hydrogen-bond donors (Lipinski definition) is 1. The van der Waals surface area contributed by atoms with E-state index in [0.717, 1.165) is 6.42 Å². The maximum atomic E-state index is 8.61. The van der Waals surface area contributed by atoms with Crippen LogP contribution >= 0.6 is 0 Å². The second kappa shape index (κ2) is 3.88. The summed E-state index contributed by atoms with van der Waals surface area (Å²) in [7, 11) is 0. The fraction of sp³-hybridized carbons (Fsp3) is 0.889. The Morgan fingerprint density at radius 1 is 1.42 bits per heavy atom. The molecule has 0 aliphatic rings. The lowest BCUT2D eigenvalue weighted by molar-refractivity contribution is -0.0331. The molecule has 0 heterocycles. The Labute approximate surface area is 74.5 Å². The first-order chi connectivity index (χ1) is 5.33. The van der Waals surface area contributed by atoms with Crippen LogP contribution in [0.15, 0.2) is 0 Å². The minimum Gasteiger partial charge on any atom is -0.373 e. The Morgan fingerprint density at radius 2 is 1.92 bits per heavy atom.